The topological polar surface area (TPSA) is 175 Å². The summed E-state index contributed by atoms with van der Waals surface area (Å²) >= 11 is 3.39. The van der Waals surface area contributed by atoms with Crippen molar-refractivity contribution >= 4 is 67.8 Å². The van der Waals surface area contributed by atoms with Crippen molar-refractivity contribution in [3.63, 3.8) is 0 Å². The molecule has 286 valence electrons. The molecule has 2 aliphatic heterocycles. The Morgan fingerprint density at radius 1 is 0.778 bits per heavy atom. The Bertz CT molecular complexity index is 2130. The number of amides is 4. The first-order valence-electron chi connectivity index (χ1n) is 18.3. The van der Waals surface area contributed by atoms with Crippen LogP contribution in [0.2, 0.25) is 0 Å². The van der Waals surface area contributed by atoms with Crippen LogP contribution in [-0.2, 0) is 19.1 Å². The Morgan fingerprint density at radius 2 is 1.37 bits per heavy atom. The largest absolute Gasteiger partial charge is 0.453 e. The highest BCUT2D eigenvalue weighted by Crippen LogP contribution is 2.42. The summed E-state index contributed by atoms with van der Waals surface area (Å²) in [6.45, 7) is 8.81. The van der Waals surface area contributed by atoms with Gasteiger partial charge in [-0.3, -0.25) is 9.59 Å². The van der Waals surface area contributed by atoms with Crippen molar-refractivity contribution < 1.29 is 28.7 Å². The summed E-state index contributed by atoms with van der Waals surface area (Å²) in [6, 6.07) is 8.84. The van der Waals surface area contributed by atoms with Gasteiger partial charge in [0, 0.05) is 27.5 Å². The molecule has 5 aromatic rings. The highest BCUT2D eigenvalue weighted by atomic mass is 32.1. The van der Waals surface area contributed by atoms with Gasteiger partial charge in [0.05, 0.1) is 54.1 Å². The number of imidazole rings is 2. The summed E-state index contributed by atoms with van der Waals surface area (Å²) in [7, 11) is 2.58. The smallest absolute Gasteiger partial charge is 0.407 e. The Balaban J connectivity index is 1.07. The average Bonchev–Trinajstić information content (AvgIpc) is 4.00. The van der Waals surface area contributed by atoms with E-state index < -0.39 is 24.3 Å². The number of rotatable bonds is 10. The molecule has 0 spiro atoms. The second kappa shape index (κ2) is 15.4. The quantitative estimate of drug-likeness (QED) is 0.118. The third-order valence-electron chi connectivity index (χ3n) is 10.3. The average molecular weight is 775 g/mol. The van der Waals surface area contributed by atoms with E-state index in [0.717, 1.165) is 78.8 Å². The molecule has 4 atom stereocenters. The monoisotopic (exact) mass is 774 g/mol. The van der Waals surface area contributed by atoms with Gasteiger partial charge >= 0.3 is 12.2 Å². The summed E-state index contributed by atoms with van der Waals surface area (Å²) in [5, 5.41) is 6.50. The first kappa shape index (κ1) is 37.4. The number of hydrogen-bond donors (Lipinski definition) is 4. The molecule has 1 unspecified atom stereocenters. The van der Waals surface area contributed by atoms with Crippen molar-refractivity contribution in [2.45, 2.75) is 77.5 Å². The molecule has 7 rings (SSSR count). The van der Waals surface area contributed by atoms with Gasteiger partial charge < -0.3 is 39.9 Å². The lowest BCUT2D eigenvalue weighted by Gasteiger charge is -2.30. The van der Waals surface area contributed by atoms with Gasteiger partial charge in [-0.15, -0.1) is 22.7 Å². The van der Waals surface area contributed by atoms with Crippen LogP contribution in [-0.4, -0.2) is 93.1 Å². The maximum atomic E-state index is 13.6. The van der Waals surface area contributed by atoms with Crippen LogP contribution in [0.4, 0.5) is 9.59 Å². The van der Waals surface area contributed by atoms with Crippen molar-refractivity contribution in [3.8, 4) is 20.3 Å². The van der Waals surface area contributed by atoms with Crippen molar-refractivity contribution in [1.29, 1.82) is 0 Å². The number of nitrogens with zero attached hydrogens (tertiary/aromatic N) is 4. The maximum Gasteiger partial charge on any atom is 0.407 e. The molecule has 6 heterocycles. The van der Waals surface area contributed by atoms with Gasteiger partial charge in [0.1, 0.15) is 23.7 Å². The minimum absolute atomic E-state index is 0.104. The Hall–Kier alpha value is -4.96. The fourth-order valence-corrected chi connectivity index (χ4v) is 9.61. The van der Waals surface area contributed by atoms with Crippen LogP contribution in [0.3, 0.4) is 0 Å². The molecule has 1 aromatic carbocycles. The van der Waals surface area contributed by atoms with Gasteiger partial charge in [-0.1, -0.05) is 27.7 Å². The normalized spacial score (nSPS) is 18.5. The third kappa shape index (κ3) is 7.28. The number of alkyl carbamates (subject to hydrolysis) is 2. The van der Waals surface area contributed by atoms with E-state index in [0.29, 0.717) is 13.1 Å². The lowest BCUT2D eigenvalue weighted by Crippen LogP contribution is -2.51. The number of thiophene rings is 2. The van der Waals surface area contributed by atoms with Gasteiger partial charge in [0.25, 0.3) is 0 Å². The highest BCUT2D eigenvalue weighted by Gasteiger charge is 2.39. The molecule has 4 amide bonds. The molecule has 2 fully saturated rings. The predicted molar refractivity (Wildman–Crippen MR) is 208 cm³/mol. The summed E-state index contributed by atoms with van der Waals surface area (Å²) in [5.41, 5.74) is 2.64. The fourth-order valence-electron chi connectivity index (χ4n) is 7.47. The standard InChI is InChI=1S/C38H46N8O6S2/c1-19(2)31(43-37(49)51-5)35(47)45-13-7-9-25(45)33-39-18-24(42-33)27-11-12-28(53-27)30-16-21-15-22-23(17-29(21)54-30)41-34(40-22)26-10-8-14-46(26)36(48)32(20(3)4)44-38(50)52-6/h11-12,15-20,25-26,31-32H,7-10,13-14H2,1-6H3,(H,39,42)(H,40,41)(H,43,49)(H,44,50)/t25-,26-,31?,32-/m0/s1. The molecule has 4 aromatic heterocycles. The number of nitrogens with one attached hydrogen (secondary N) is 4. The minimum Gasteiger partial charge on any atom is -0.453 e. The Labute approximate surface area is 321 Å². The molecule has 2 aliphatic rings. The number of aromatic amines is 2. The fraction of sp³-hybridized carbons (Fsp3) is 0.474. The van der Waals surface area contributed by atoms with E-state index >= 15 is 0 Å². The number of methoxy groups -OCH3 is 2. The van der Waals surface area contributed by atoms with Crippen LogP contribution in [0.5, 0.6) is 0 Å². The van der Waals surface area contributed by atoms with E-state index in [1.54, 1.807) is 22.7 Å². The van der Waals surface area contributed by atoms with Crippen LogP contribution in [0.1, 0.15) is 77.1 Å². The zero-order valence-electron chi connectivity index (χ0n) is 31.2. The molecule has 0 saturated carbocycles. The first-order chi connectivity index (χ1) is 25.9. The number of carbonyl (C=O) groups excluding carboxylic acids is 4. The van der Waals surface area contributed by atoms with Gasteiger partial charge in [-0.2, -0.15) is 0 Å². The number of aromatic nitrogens is 4. The summed E-state index contributed by atoms with van der Waals surface area (Å²) in [5.74, 6) is 1.01. The Kier molecular flexibility index (Phi) is 10.7. The van der Waals surface area contributed by atoms with Crippen LogP contribution in [0.15, 0.2) is 36.5 Å². The molecular formula is C38H46N8O6S2. The number of benzene rings is 1. The van der Waals surface area contributed by atoms with E-state index in [1.807, 2.05) is 43.7 Å². The van der Waals surface area contributed by atoms with E-state index in [-0.39, 0.29) is 35.7 Å². The van der Waals surface area contributed by atoms with Crippen molar-refractivity contribution in [2.75, 3.05) is 27.3 Å². The SMILES string of the molecule is COC(=O)NC(C(=O)N1CCC[C@H]1c1ncc(-c2ccc(-c3cc4cc5nc([C@@H]6CCCN6C(=O)[C@@H](NC(=O)OC)C(C)C)[nH]c5cc4s3)s2)[nH]1)C(C)C. The number of fused-ring (bicyclic) bond motifs is 2. The van der Waals surface area contributed by atoms with Gasteiger partial charge in [-0.25, -0.2) is 19.6 Å². The van der Waals surface area contributed by atoms with Crippen LogP contribution in [0, 0.1) is 11.8 Å². The molecule has 0 bridgehead atoms. The minimum atomic E-state index is -0.687. The second-order valence-corrected chi connectivity index (χ2v) is 16.7. The molecule has 4 N–H and O–H groups in total. The third-order valence-corrected chi connectivity index (χ3v) is 12.7. The summed E-state index contributed by atoms with van der Waals surface area (Å²) in [6.07, 6.45) is 3.86. The predicted octanol–water partition coefficient (Wildman–Crippen LogP) is 6.98. The number of likely N-dealkylation sites (tertiary alicyclic amines) is 2. The summed E-state index contributed by atoms with van der Waals surface area (Å²) < 4.78 is 10.7. The zero-order chi connectivity index (χ0) is 38.3. The lowest BCUT2D eigenvalue weighted by molar-refractivity contribution is -0.136. The number of carbonyl (C=O) groups is 4. The number of ether oxygens (including phenoxy) is 2. The molecule has 0 aliphatic carbocycles. The van der Waals surface area contributed by atoms with Crippen LogP contribution >= 0.6 is 22.7 Å². The van der Waals surface area contributed by atoms with Crippen LogP contribution in [0.25, 0.3) is 41.4 Å². The van der Waals surface area contributed by atoms with Gasteiger partial charge in [0.2, 0.25) is 11.8 Å². The summed E-state index contributed by atoms with van der Waals surface area (Å²) in [4.78, 5) is 74.7. The number of H-pyrrole nitrogens is 2. The zero-order valence-corrected chi connectivity index (χ0v) is 32.9. The second-order valence-electron chi connectivity index (χ2n) is 14.6. The van der Waals surface area contributed by atoms with E-state index in [1.165, 1.54) is 14.2 Å². The van der Waals surface area contributed by atoms with E-state index in [2.05, 4.69) is 50.9 Å². The van der Waals surface area contributed by atoms with E-state index in [4.69, 9.17) is 19.4 Å². The van der Waals surface area contributed by atoms with Gasteiger partial charge in [0.15, 0.2) is 0 Å². The van der Waals surface area contributed by atoms with E-state index in [9.17, 15) is 19.2 Å². The number of hydrogen-bond acceptors (Lipinski definition) is 10. The molecule has 16 heteroatoms. The molecule has 54 heavy (non-hydrogen) atoms. The van der Waals surface area contributed by atoms with Crippen molar-refractivity contribution in [1.82, 2.24) is 40.4 Å². The molecule has 0 radical (unpaired) electrons. The van der Waals surface area contributed by atoms with Crippen molar-refractivity contribution in [2.24, 2.45) is 11.8 Å². The maximum absolute atomic E-state index is 13.6. The first-order valence-corrected chi connectivity index (χ1v) is 20.0. The van der Waals surface area contributed by atoms with Gasteiger partial charge in [-0.05, 0) is 73.2 Å². The van der Waals surface area contributed by atoms with Crippen molar-refractivity contribution in [3.05, 3.63) is 48.2 Å². The highest BCUT2D eigenvalue weighted by molar-refractivity contribution is 7.27. The lowest BCUT2D eigenvalue weighted by atomic mass is 10.0. The molecule has 2 saturated heterocycles. The Morgan fingerprint density at radius 3 is 1.96 bits per heavy atom. The molecule has 14 nitrogen and oxygen atoms in total. The van der Waals surface area contributed by atoms with Crippen LogP contribution < -0.4 is 10.6 Å². The molecular weight excluding hydrogens is 729 g/mol.